The molecule has 13 heteroatoms. The van der Waals surface area contributed by atoms with E-state index in [0.29, 0.717) is 34.4 Å². The van der Waals surface area contributed by atoms with Crippen molar-refractivity contribution in [1.82, 2.24) is 19.7 Å². The number of carbonyl (C=O) groups is 1. The molecule has 2 fully saturated rings. The van der Waals surface area contributed by atoms with Gasteiger partial charge in [0.1, 0.15) is 35.1 Å². The van der Waals surface area contributed by atoms with Crippen molar-refractivity contribution in [3.05, 3.63) is 54.0 Å². The molecule has 2 aliphatic rings. The molecule has 2 aliphatic heterocycles. The van der Waals surface area contributed by atoms with Crippen molar-refractivity contribution in [1.29, 1.82) is 0 Å². The standard InChI is InChI=1S/C30H30F3N7O2S/c1-6-18(2)25-21(11-10-20-17-40(20,25)4)37-26-27-38-22(29(43-30(31,32)33)39(27)15-14-36-26)8-7-13-35-23-16-19(28(41)34-3)9-12-24(23)42-5/h1,9,12,14-16,20-21,25,35H,2,10-11,13,17H2,3-5H3,(H-,34,36,37,41)/p+1/t20-,21-,25-,40?/m1/s1. The number of hydrogen-bond acceptors (Lipinski definition) is 7. The van der Waals surface area contributed by atoms with Gasteiger partial charge in [-0.05, 0) is 30.5 Å². The molecule has 3 aromatic rings. The molecule has 1 aromatic carbocycles. The van der Waals surface area contributed by atoms with E-state index >= 15 is 0 Å². The number of aromatic nitrogens is 3. The number of nitrogens with zero attached hydrogens (tertiary/aromatic N) is 4. The van der Waals surface area contributed by atoms with Crippen molar-refractivity contribution in [3.8, 4) is 29.9 Å². The van der Waals surface area contributed by atoms with Crippen molar-refractivity contribution >= 4 is 34.8 Å². The van der Waals surface area contributed by atoms with Crippen LogP contribution in [0, 0.1) is 24.2 Å². The van der Waals surface area contributed by atoms with Crippen molar-refractivity contribution in [2.75, 3.05) is 44.9 Å². The normalized spacial score (nSPS) is 22.4. The molecule has 2 aromatic heterocycles. The van der Waals surface area contributed by atoms with E-state index in [0.717, 1.165) is 23.9 Å². The third kappa shape index (κ3) is 6.10. The number of hydrogen-bond donors (Lipinski definition) is 3. The Kier molecular flexibility index (Phi) is 8.23. The summed E-state index contributed by atoms with van der Waals surface area (Å²) in [7, 11) is 5.17. The van der Waals surface area contributed by atoms with E-state index in [1.165, 1.54) is 31.0 Å². The van der Waals surface area contributed by atoms with E-state index in [1.807, 2.05) is 0 Å². The van der Waals surface area contributed by atoms with Crippen LogP contribution < -0.4 is 20.7 Å². The van der Waals surface area contributed by atoms with E-state index in [2.05, 4.69) is 57.3 Å². The minimum absolute atomic E-state index is 0.0375. The van der Waals surface area contributed by atoms with E-state index in [9.17, 15) is 18.0 Å². The molecule has 4 heterocycles. The molecule has 0 spiro atoms. The van der Waals surface area contributed by atoms with Gasteiger partial charge in [0, 0.05) is 43.2 Å². The van der Waals surface area contributed by atoms with Crippen LogP contribution in [0.15, 0.2) is 47.8 Å². The molecule has 1 unspecified atom stereocenters. The van der Waals surface area contributed by atoms with Gasteiger partial charge in [-0.15, -0.1) is 6.42 Å². The maximum atomic E-state index is 13.6. The van der Waals surface area contributed by atoms with Gasteiger partial charge in [-0.2, -0.15) is 13.2 Å². The highest BCUT2D eigenvalue weighted by Crippen LogP contribution is 2.45. The third-order valence-corrected chi connectivity index (χ3v) is 8.79. The lowest BCUT2D eigenvalue weighted by atomic mass is 9.91. The second-order valence-corrected chi connectivity index (χ2v) is 11.6. The van der Waals surface area contributed by atoms with Gasteiger partial charge in [-0.1, -0.05) is 18.4 Å². The van der Waals surface area contributed by atoms with Crippen molar-refractivity contribution < 1.29 is 27.2 Å². The summed E-state index contributed by atoms with van der Waals surface area (Å²) in [6.45, 7) is 5.17. The lowest BCUT2D eigenvalue weighted by molar-refractivity contribution is -0.819. The minimum Gasteiger partial charge on any atom is -0.495 e. The number of imidazole rings is 1. The van der Waals surface area contributed by atoms with Crippen LogP contribution in [0.5, 0.6) is 5.75 Å². The molecule has 224 valence electrons. The van der Waals surface area contributed by atoms with Crippen molar-refractivity contribution in [2.24, 2.45) is 0 Å². The molecule has 9 nitrogen and oxygen atoms in total. The SMILES string of the molecule is C#CC(=C)[C@@H]1[C@H](Nc2nccn3c(SC(F)(F)F)c(C#CCNc4cc(C(=O)NC)ccc4OC)nc23)CC[C@@H]2C[N+]21C. The number of likely N-dealkylation sites (N-methyl/N-ethyl adjacent to an activating group) is 1. The third-order valence-electron chi connectivity index (χ3n) is 7.97. The molecule has 0 bridgehead atoms. The van der Waals surface area contributed by atoms with Crippen LogP contribution in [0.2, 0.25) is 0 Å². The average molecular weight is 611 g/mol. The molecule has 0 radical (unpaired) electrons. The molecule has 43 heavy (non-hydrogen) atoms. The molecule has 0 saturated carbocycles. The molecule has 2 saturated heterocycles. The number of piperidine rings is 1. The Labute approximate surface area is 251 Å². The Bertz CT molecular complexity index is 1690. The van der Waals surface area contributed by atoms with Crippen LogP contribution in [0.25, 0.3) is 5.65 Å². The highest BCUT2D eigenvalue weighted by Gasteiger charge is 2.62. The topological polar surface area (TPSA) is 92.6 Å². The number of halogens is 3. The van der Waals surface area contributed by atoms with Crippen molar-refractivity contribution in [3.63, 3.8) is 0 Å². The molecular formula is C30H31F3N7O2S+. The van der Waals surface area contributed by atoms with Crippen LogP contribution in [0.3, 0.4) is 0 Å². The van der Waals surface area contributed by atoms with E-state index in [1.54, 1.807) is 18.2 Å². The van der Waals surface area contributed by atoms with Crippen LogP contribution in [-0.2, 0) is 0 Å². The molecule has 3 N–H and O–H groups in total. The summed E-state index contributed by atoms with van der Waals surface area (Å²) in [5.41, 5.74) is -2.78. The zero-order chi connectivity index (χ0) is 30.9. The molecule has 0 aliphatic carbocycles. The predicted octanol–water partition coefficient (Wildman–Crippen LogP) is 4.13. The number of quaternary nitrogens is 1. The lowest BCUT2D eigenvalue weighted by Crippen LogP contribution is -2.52. The van der Waals surface area contributed by atoms with Gasteiger partial charge < -0.3 is 25.2 Å². The van der Waals surface area contributed by atoms with E-state index in [4.69, 9.17) is 11.2 Å². The first-order valence-corrected chi connectivity index (χ1v) is 14.3. The van der Waals surface area contributed by atoms with Crippen LogP contribution in [-0.4, -0.2) is 82.7 Å². The van der Waals surface area contributed by atoms with E-state index < -0.39 is 5.51 Å². The van der Waals surface area contributed by atoms with Gasteiger partial charge in [0.05, 0.1) is 38.0 Å². The van der Waals surface area contributed by atoms with Gasteiger partial charge >= 0.3 is 5.51 Å². The Morgan fingerprint density at radius 3 is 2.84 bits per heavy atom. The van der Waals surface area contributed by atoms with Crippen molar-refractivity contribution in [2.45, 2.75) is 41.5 Å². The van der Waals surface area contributed by atoms with Gasteiger partial charge in [0.15, 0.2) is 11.5 Å². The summed E-state index contributed by atoms with van der Waals surface area (Å²) in [6, 6.07) is 5.23. The summed E-state index contributed by atoms with van der Waals surface area (Å²) in [6.07, 6.45) is 10.4. The summed E-state index contributed by atoms with van der Waals surface area (Å²) in [5, 5.41) is 8.88. The predicted molar refractivity (Wildman–Crippen MR) is 160 cm³/mol. The van der Waals surface area contributed by atoms with Gasteiger partial charge in [-0.25, -0.2) is 9.97 Å². The summed E-state index contributed by atoms with van der Waals surface area (Å²) in [4.78, 5) is 21.0. The number of fused-ring (bicyclic) bond motifs is 2. The number of alkyl halides is 3. The number of methoxy groups -OCH3 is 1. The number of thioether (sulfide) groups is 1. The number of carbonyl (C=O) groups excluding carboxylic acids is 1. The lowest BCUT2D eigenvalue weighted by Gasteiger charge is -2.37. The molecule has 5 rings (SSSR count). The summed E-state index contributed by atoms with van der Waals surface area (Å²) in [5.74, 6) is 8.88. The highest BCUT2D eigenvalue weighted by atomic mass is 32.2. The second-order valence-electron chi connectivity index (χ2n) is 10.6. The zero-order valence-electron chi connectivity index (χ0n) is 23.9. The second kappa shape index (κ2) is 11.7. The van der Waals surface area contributed by atoms with Gasteiger partial charge in [0.25, 0.3) is 5.91 Å². The maximum absolute atomic E-state index is 13.6. The monoisotopic (exact) mass is 610 g/mol. The molecule has 4 atom stereocenters. The smallest absolute Gasteiger partial charge is 0.447 e. The quantitative estimate of drug-likeness (QED) is 0.153. The van der Waals surface area contributed by atoms with Crippen LogP contribution in [0.1, 0.15) is 28.9 Å². The number of terminal acetylenes is 1. The number of amides is 1. The van der Waals surface area contributed by atoms with Crippen LogP contribution in [0.4, 0.5) is 24.7 Å². The zero-order valence-corrected chi connectivity index (χ0v) is 24.7. The first-order chi connectivity index (χ1) is 20.5. The largest absolute Gasteiger partial charge is 0.495 e. The Morgan fingerprint density at radius 2 is 2.14 bits per heavy atom. The number of nitrogens with one attached hydrogen (secondary N) is 3. The first-order valence-electron chi connectivity index (χ1n) is 13.5. The molecular weight excluding hydrogens is 579 g/mol. The first kappa shape index (κ1) is 30.1. The maximum Gasteiger partial charge on any atom is 0.447 e. The average Bonchev–Trinajstić information content (AvgIpc) is 3.56. The summed E-state index contributed by atoms with van der Waals surface area (Å²) < 4.78 is 48.4. The highest BCUT2D eigenvalue weighted by molar-refractivity contribution is 8.00. The fourth-order valence-electron chi connectivity index (χ4n) is 5.83. The minimum atomic E-state index is -4.57. The summed E-state index contributed by atoms with van der Waals surface area (Å²) >= 11 is -0.284. The fraction of sp³-hybridized carbons (Fsp3) is 0.367. The Morgan fingerprint density at radius 1 is 1.35 bits per heavy atom. The number of ether oxygens (including phenoxy) is 1. The number of rotatable bonds is 8. The van der Waals surface area contributed by atoms with Gasteiger partial charge in [-0.3, -0.25) is 9.20 Å². The number of benzene rings is 1. The fourth-order valence-corrected chi connectivity index (χ4v) is 6.49. The number of anilines is 2. The molecule has 1 amide bonds. The van der Waals surface area contributed by atoms with E-state index in [-0.39, 0.29) is 52.7 Å². The van der Waals surface area contributed by atoms with Crippen LogP contribution >= 0.6 is 11.8 Å². The van der Waals surface area contributed by atoms with Gasteiger partial charge in [0.2, 0.25) is 0 Å². The Hall–Kier alpha value is -4.33. The Balaban J connectivity index is 1.44.